The summed E-state index contributed by atoms with van der Waals surface area (Å²) < 4.78 is 0. The fraction of sp³-hybridized carbons (Fsp3) is 0.333. The van der Waals surface area contributed by atoms with Crippen molar-refractivity contribution in [2.75, 3.05) is 0 Å². The van der Waals surface area contributed by atoms with Crippen LogP contribution in [-0.2, 0) is 14.4 Å². The first-order valence-corrected chi connectivity index (χ1v) is 4.64. The van der Waals surface area contributed by atoms with E-state index in [0.717, 1.165) is 0 Å². The maximum atomic E-state index is 10.5. The quantitative estimate of drug-likeness (QED) is 0.440. The van der Waals surface area contributed by atoms with Gasteiger partial charge in [0.1, 0.15) is 5.92 Å². The van der Waals surface area contributed by atoms with Gasteiger partial charge >= 0.3 is 17.9 Å². The fourth-order valence-electron chi connectivity index (χ4n) is 0.830. The predicted molar refractivity (Wildman–Crippen MR) is 42.9 cm³/mol. The van der Waals surface area contributed by atoms with Gasteiger partial charge < -0.3 is 25.1 Å². The number of aliphatic carboxylic acids is 3. The van der Waals surface area contributed by atoms with E-state index in [1.807, 2.05) is 0 Å². The molecule has 9 heteroatoms. The van der Waals surface area contributed by atoms with Crippen molar-refractivity contribution < 1.29 is 39.5 Å². The minimum Gasteiger partial charge on any atom is -0.633 e. The first-order valence-electron chi connectivity index (χ1n) is 3.46. The molecule has 0 rings (SSSR count). The van der Waals surface area contributed by atoms with E-state index in [2.05, 4.69) is 0 Å². The normalized spacial score (nSPS) is 11.6. The molecule has 0 aliphatic rings. The average Bonchev–Trinajstić information content (AvgIpc) is 2.00. The van der Waals surface area contributed by atoms with Crippen LogP contribution < -0.4 is 9.79 Å². The molecule has 15 heavy (non-hydrogen) atoms. The van der Waals surface area contributed by atoms with Gasteiger partial charge in [0.15, 0.2) is 0 Å². The molecule has 0 spiro atoms. The van der Waals surface area contributed by atoms with Gasteiger partial charge in [-0.2, -0.15) is 0 Å². The van der Waals surface area contributed by atoms with Crippen molar-refractivity contribution >= 4 is 31.2 Å². The Kier molecular flexibility index (Phi) is 4.86. The number of rotatable bonds is 5. The van der Waals surface area contributed by atoms with Gasteiger partial charge in [0.2, 0.25) is 5.29 Å². The van der Waals surface area contributed by atoms with E-state index < -0.39 is 43.5 Å². The summed E-state index contributed by atoms with van der Waals surface area (Å²) in [6, 6.07) is 0. The summed E-state index contributed by atoms with van der Waals surface area (Å²) in [6.45, 7) is 0. The second kappa shape index (κ2) is 5.40. The van der Waals surface area contributed by atoms with Gasteiger partial charge in [-0.1, -0.05) is 0 Å². The Morgan fingerprint density at radius 3 is 1.80 bits per heavy atom. The highest BCUT2D eigenvalue weighted by molar-refractivity contribution is 7.47. The van der Waals surface area contributed by atoms with Gasteiger partial charge in [0.05, 0.1) is 6.42 Å². The lowest BCUT2D eigenvalue weighted by atomic mass is 10.0. The smallest absolute Gasteiger partial charge is 0.374 e. The Labute approximate surface area is 84.0 Å². The van der Waals surface area contributed by atoms with E-state index in [0.29, 0.717) is 0 Å². The van der Waals surface area contributed by atoms with Gasteiger partial charge in [0, 0.05) is 8.00 Å². The van der Waals surface area contributed by atoms with Crippen LogP contribution in [0.15, 0.2) is 0 Å². The van der Waals surface area contributed by atoms with Crippen LogP contribution in [0.4, 0.5) is 0 Å². The molecular weight excluding hydrogens is 231 g/mol. The molecular formula is C6H6O8P-. The second-order valence-corrected chi connectivity index (χ2v) is 3.43. The third kappa shape index (κ3) is 4.03. The van der Waals surface area contributed by atoms with Gasteiger partial charge in [0.25, 0.3) is 0 Å². The summed E-state index contributed by atoms with van der Waals surface area (Å²) in [6.07, 6.45) is -1.10. The lowest BCUT2D eigenvalue weighted by molar-refractivity contribution is -0.281. The molecule has 0 saturated heterocycles. The molecule has 0 radical (unpaired) electrons. The Balaban J connectivity index is 5.22. The maximum Gasteiger partial charge on any atom is 0.374 e. The predicted octanol–water partition coefficient (Wildman–Crippen LogP) is -2.55. The van der Waals surface area contributed by atoms with Gasteiger partial charge in [-0.3, -0.25) is 9.59 Å². The molecule has 0 aromatic carbocycles. The molecule has 0 amide bonds. The average molecular weight is 237 g/mol. The minimum atomic E-state index is -3.63. The number of carboxylic acids is 3. The summed E-state index contributed by atoms with van der Waals surface area (Å²) >= 11 is 0. The number of carbonyl (C=O) groups is 3. The Morgan fingerprint density at radius 2 is 1.60 bits per heavy atom. The largest absolute Gasteiger partial charge is 0.633 e. The number of carboxylic acid groups (broad SMARTS) is 3. The Hall–Kier alpha value is -1.50. The fourth-order valence-corrected chi connectivity index (χ4v) is 1.44. The van der Waals surface area contributed by atoms with Crippen molar-refractivity contribution in [1.82, 2.24) is 0 Å². The molecule has 0 aliphatic carbocycles. The summed E-state index contributed by atoms with van der Waals surface area (Å²) in [5.41, 5.74) is 0. The molecule has 0 saturated carbocycles. The van der Waals surface area contributed by atoms with Crippen molar-refractivity contribution in [3.05, 3.63) is 0 Å². The molecule has 0 aromatic rings. The molecule has 0 aromatic heterocycles. The summed E-state index contributed by atoms with van der Waals surface area (Å²) in [7, 11) is -3.63. The second-order valence-electron chi connectivity index (χ2n) is 2.44. The summed E-state index contributed by atoms with van der Waals surface area (Å²) in [5.74, 6) is -7.44. The first kappa shape index (κ1) is 13.5. The summed E-state index contributed by atoms with van der Waals surface area (Å²) in [4.78, 5) is 51.9. The third-order valence-corrected chi connectivity index (χ3v) is 2.32. The maximum absolute atomic E-state index is 10.5. The highest BCUT2D eigenvalue weighted by Gasteiger charge is 2.34. The van der Waals surface area contributed by atoms with Crippen LogP contribution in [0, 0.1) is 5.92 Å². The van der Waals surface area contributed by atoms with E-state index in [1.165, 1.54) is 0 Å². The van der Waals surface area contributed by atoms with Crippen LogP contribution in [-0.4, -0.2) is 38.5 Å². The van der Waals surface area contributed by atoms with Crippen LogP contribution in [0.2, 0.25) is 0 Å². The topological polar surface area (TPSA) is 158 Å². The zero-order valence-corrected chi connectivity index (χ0v) is 8.01. The van der Waals surface area contributed by atoms with Crippen LogP contribution >= 0.6 is 8.00 Å². The lowest BCUT2D eigenvalue weighted by Crippen LogP contribution is -2.34. The molecule has 8 nitrogen and oxygen atoms in total. The molecule has 0 bridgehead atoms. The van der Waals surface area contributed by atoms with Crippen molar-refractivity contribution in [1.29, 1.82) is 0 Å². The monoisotopic (exact) mass is 237 g/mol. The summed E-state index contributed by atoms with van der Waals surface area (Å²) in [5, 5.41) is 23.8. The highest BCUT2D eigenvalue weighted by Crippen LogP contribution is 2.15. The zero-order chi connectivity index (χ0) is 12.2. The van der Waals surface area contributed by atoms with E-state index in [-0.39, 0.29) is 0 Å². The molecule has 0 fully saturated rings. The van der Waals surface area contributed by atoms with Gasteiger partial charge in [-0.05, 0) is 0 Å². The molecule has 3 N–H and O–H groups in total. The van der Waals surface area contributed by atoms with Crippen molar-refractivity contribution in [2.24, 2.45) is 5.92 Å². The van der Waals surface area contributed by atoms with Crippen LogP contribution in [0.1, 0.15) is 6.42 Å². The SMILES string of the molecule is O=C(O)CC(C(=O)O)C(C(=O)O)=[P+]([O-])[O-]. The van der Waals surface area contributed by atoms with E-state index in [1.54, 1.807) is 0 Å². The molecule has 0 aliphatic heterocycles. The molecule has 1 unspecified atom stereocenters. The van der Waals surface area contributed by atoms with Crippen LogP contribution in [0.3, 0.4) is 0 Å². The number of hydrogen-bond acceptors (Lipinski definition) is 5. The minimum absolute atomic E-state index is 1.10. The molecule has 0 heterocycles. The van der Waals surface area contributed by atoms with Crippen molar-refractivity contribution in [3.63, 3.8) is 0 Å². The van der Waals surface area contributed by atoms with Gasteiger partial charge in [-0.15, -0.1) is 0 Å². The zero-order valence-electron chi connectivity index (χ0n) is 7.11. The Morgan fingerprint density at radius 1 is 1.13 bits per heavy atom. The van der Waals surface area contributed by atoms with Crippen molar-refractivity contribution in [3.8, 4) is 0 Å². The van der Waals surface area contributed by atoms with E-state index in [4.69, 9.17) is 15.3 Å². The van der Waals surface area contributed by atoms with Crippen LogP contribution in [0.5, 0.6) is 0 Å². The standard InChI is InChI=1S/C6H7O8P/c7-3(8)1-2(5(9)10)4(6(11)12)15(13)14/h2H,1H2,(H,7,8)(H,9,10)(H,11,12)(H,13,14)/p-1. The number of hydrogen-bond donors (Lipinski definition) is 3. The van der Waals surface area contributed by atoms with E-state index in [9.17, 15) is 24.2 Å². The lowest BCUT2D eigenvalue weighted by Gasteiger charge is -2.11. The van der Waals surface area contributed by atoms with E-state index >= 15 is 0 Å². The first-order chi connectivity index (χ1) is 6.77. The Bertz CT molecular complexity index is 328. The molecule has 84 valence electrons. The highest BCUT2D eigenvalue weighted by atomic mass is 31.1. The van der Waals surface area contributed by atoms with Crippen LogP contribution in [0.25, 0.3) is 0 Å². The van der Waals surface area contributed by atoms with Crippen molar-refractivity contribution in [2.45, 2.75) is 6.42 Å². The van der Waals surface area contributed by atoms with Gasteiger partial charge in [-0.25, -0.2) is 4.79 Å². The third-order valence-electron chi connectivity index (χ3n) is 1.42. The molecule has 1 atom stereocenters.